The molecule has 0 aliphatic carbocycles. The number of ether oxygens (including phenoxy) is 1. The van der Waals surface area contributed by atoms with Crippen LogP contribution >= 0.6 is 0 Å². The number of hydrogen-bond acceptors (Lipinski definition) is 4. The van der Waals surface area contributed by atoms with Crippen LogP contribution in [0.3, 0.4) is 0 Å². The van der Waals surface area contributed by atoms with Crippen molar-refractivity contribution in [1.29, 1.82) is 0 Å². The summed E-state index contributed by atoms with van der Waals surface area (Å²) in [6, 6.07) is -0.319. The van der Waals surface area contributed by atoms with Crippen molar-refractivity contribution in [2.75, 3.05) is 20.2 Å². The van der Waals surface area contributed by atoms with Gasteiger partial charge in [-0.05, 0) is 20.3 Å². The van der Waals surface area contributed by atoms with Crippen molar-refractivity contribution in [1.82, 2.24) is 10.2 Å². The topological polar surface area (TPSA) is 84.7 Å². The first-order chi connectivity index (χ1) is 7.95. The number of nitrogens with zero attached hydrogens (tertiary/aromatic N) is 1. The van der Waals surface area contributed by atoms with Crippen LogP contribution in [0.4, 0.5) is 0 Å². The molecule has 0 aromatic heterocycles. The molecular formula is C11H21N3O3. The molecule has 6 nitrogen and oxygen atoms in total. The Morgan fingerprint density at radius 2 is 2.18 bits per heavy atom. The van der Waals surface area contributed by atoms with E-state index in [0.717, 1.165) is 0 Å². The number of rotatable bonds is 5. The highest BCUT2D eigenvalue weighted by Gasteiger charge is 2.33. The summed E-state index contributed by atoms with van der Waals surface area (Å²) in [7, 11) is 1.63. The quantitative estimate of drug-likeness (QED) is 0.654. The summed E-state index contributed by atoms with van der Waals surface area (Å²) in [5.41, 5.74) is 5.14. The average molecular weight is 243 g/mol. The third kappa shape index (κ3) is 3.67. The third-order valence-corrected chi connectivity index (χ3v) is 2.95. The molecule has 1 rings (SSSR count). The number of carbonyl (C=O) groups excluding carboxylic acids is 2. The standard InChI is InChI=1S/C11H21N3O3/c1-7(2)14(6-10(12)15)11(16)9-4-8(17-3)5-13-9/h7-9,13H,4-6H2,1-3H3,(H2,12,15). The van der Waals surface area contributed by atoms with E-state index >= 15 is 0 Å². The lowest BCUT2D eigenvalue weighted by atomic mass is 10.1. The molecule has 98 valence electrons. The third-order valence-electron chi connectivity index (χ3n) is 2.95. The molecule has 2 atom stereocenters. The minimum atomic E-state index is -0.492. The number of methoxy groups -OCH3 is 1. The Kier molecular flexibility index (Phi) is 4.89. The number of carbonyl (C=O) groups is 2. The zero-order valence-electron chi connectivity index (χ0n) is 10.6. The summed E-state index contributed by atoms with van der Waals surface area (Å²) >= 11 is 0. The predicted molar refractivity (Wildman–Crippen MR) is 63.2 cm³/mol. The molecule has 2 unspecified atom stereocenters. The van der Waals surface area contributed by atoms with E-state index in [1.807, 2.05) is 13.8 Å². The van der Waals surface area contributed by atoms with Crippen molar-refractivity contribution in [3.05, 3.63) is 0 Å². The fourth-order valence-electron chi connectivity index (χ4n) is 1.95. The van der Waals surface area contributed by atoms with E-state index in [9.17, 15) is 9.59 Å². The molecular weight excluding hydrogens is 222 g/mol. The molecule has 3 N–H and O–H groups in total. The predicted octanol–water partition coefficient (Wildman–Crippen LogP) is -0.914. The van der Waals surface area contributed by atoms with Crippen molar-refractivity contribution in [2.45, 2.75) is 38.5 Å². The molecule has 1 aliphatic heterocycles. The van der Waals surface area contributed by atoms with Gasteiger partial charge in [-0.3, -0.25) is 9.59 Å². The second kappa shape index (κ2) is 5.97. The maximum absolute atomic E-state index is 12.2. The summed E-state index contributed by atoms with van der Waals surface area (Å²) in [5.74, 6) is -0.577. The zero-order valence-corrected chi connectivity index (χ0v) is 10.6. The highest BCUT2D eigenvalue weighted by molar-refractivity contribution is 5.87. The van der Waals surface area contributed by atoms with Gasteiger partial charge in [0.2, 0.25) is 11.8 Å². The minimum Gasteiger partial charge on any atom is -0.380 e. The van der Waals surface area contributed by atoms with Gasteiger partial charge in [-0.2, -0.15) is 0 Å². The largest absolute Gasteiger partial charge is 0.380 e. The molecule has 0 saturated carbocycles. The Morgan fingerprint density at radius 1 is 1.53 bits per heavy atom. The fourth-order valence-corrected chi connectivity index (χ4v) is 1.95. The van der Waals surface area contributed by atoms with Gasteiger partial charge in [0.15, 0.2) is 0 Å². The van der Waals surface area contributed by atoms with E-state index in [4.69, 9.17) is 10.5 Å². The lowest BCUT2D eigenvalue weighted by Gasteiger charge is -2.28. The molecule has 1 heterocycles. The molecule has 1 fully saturated rings. The average Bonchev–Trinajstić information content (AvgIpc) is 2.72. The Balaban J connectivity index is 2.62. The van der Waals surface area contributed by atoms with Crippen LogP contribution in [0, 0.1) is 0 Å². The summed E-state index contributed by atoms with van der Waals surface area (Å²) in [6.45, 7) is 4.36. The van der Waals surface area contributed by atoms with E-state index in [0.29, 0.717) is 13.0 Å². The first-order valence-electron chi connectivity index (χ1n) is 5.80. The Hall–Kier alpha value is -1.14. The molecule has 0 aromatic rings. The van der Waals surface area contributed by atoms with Crippen LogP contribution in [-0.2, 0) is 14.3 Å². The smallest absolute Gasteiger partial charge is 0.240 e. The van der Waals surface area contributed by atoms with E-state index in [1.54, 1.807) is 7.11 Å². The first kappa shape index (κ1) is 13.9. The summed E-state index contributed by atoms with van der Waals surface area (Å²) in [6.07, 6.45) is 0.698. The number of primary amides is 1. The maximum Gasteiger partial charge on any atom is 0.240 e. The molecule has 17 heavy (non-hydrogen) atoms. The number of nitrogens with one attached hydrogen (secondary N) is 1. The van der Waals surface area contributed by atoms with Gasteiger partial charge in [0.05, 0.1) is 18.7 Å². The van der Waals surface area contributed by atoms with E-state index in [2.05, 4.69) is 5.32 Å². The summed E-state index contributed by atoms with van der Waals surface area (Å²) in [5, 5.41) is 3.10. The highest BCUT2D eigenvalue weighted by atomic mass is 16.5. The monoisotopic (exact) mass is 243 g/mol. The Labute approximate surface area is 101 Å². The van der Waals surface area contributed by atoms with E-state index in [-0.39, 0.29) is 30.6 Å². The molecule has 6 heteroatoms. The molecule has 0 aromatic carbocycles. The lowest BCUT2D eigenvalue weighted by molar-refractivity contribution is -0.138. The van der Waals surface area contributed by atoms with E-state index in [1.165, 1.54) is 4.90 Å². The normalized spacial score (nSPS) is 24.0. The van der Waals surface area contributed by atoms with Crippen molar-refractivity contribution >= 4 is 11.8 Å². The van der Waals surface area contributed by atoms with Gasteiger partial charge in [0.1, 0.15) is 0 Å². The zero-order chi connectivity index (χ0) is 13.0. The van der Waals surface area contributed by atoms with E-state index < -0.39 is 5.91 Å². The van der Waals surface area contributed by atoms with Gasteiger partial charge in [0, 0.05) is 19.7 Å². The molecule has 2 amide bonds. The Morgan fingerprint density at radius 3 is 2.59 bits per heavy atom. The number of hydrogen-bond donors (Lipinski definition) is 2. The van der Waals surface area contributed by atoms with Crippen molar-refractivity contribution < 1.29 is 14.3 Å². The van der Waals surface area contributed by atoms with Gasteiger partial charge in [-0.15, -0.1) is 0 Å². The van der Waals surface area contributed by atoms with Crippen molar-refractivity contribution in [2.24, 2.45) is 5.73 Å². The molecule has 0 spiro atoms. The van der Waals surface area contributed by atoms with Gasteiger partial charge in [-0.25, -0.2) is 0 Å². The minimum absolute atomic E-state index is 0.0354. The second-order valence-corrected chi connectivity index (χ2v) is 4.58. The summed E-state index contributed by atoms with van der Waals surface area (Å²) < 4.78 is 5.19. The SMILES string of the molecule is COC1CNC(C(=O)N(CC(N)=O)C(C)C)C1. The molecule has 1 saturated heterocycles. The molecule has 0 bridgehead atoms. The van der Waals surface area contributed by atoms with Gasteiger partial charge < -0.3 is 20.7 Å². The maximum atomic E-state index is 12.2. The van der Waals surface area contributed by atoms with Gasteiger partial charge in [-0.1, -0.05) is 0 Å². The second-order valence-electron chi connectivity index (χ2n) is 4.58. The molecule has 0 radical (unpaired) electrons. The van der Waals surface area contributed by atoms with Gasteiger partial charge in [0.25, 0.3) is 0 Å². The van der Waals surface area contributed by atoms with Crippen molar-refractivity contribution in [3.8, 4) is 0 Å². The number of amides is 2. The van der Waals surface area contributed by atoms with Gasteiger partial charge >= 0.3 is 0 Å². The summed E-state index contributed by atoms with van der Waals surface area (Å²) in [4.78, 5) is 24.6. The Bertz CT molecular complexity index is 294. The van der Waals surface area contributed by atoms with Crippen LogP contribution < -0.4 is 11.1 Å². The number of nitrogens with two attached hydrogens (primary N) is 1. The van der Waals surface area contributed by atoms with Crippen LogP contribution in [0.25, 0.3) is 0 Å². The lowest BCUT2D eigenvalue weighted by Crippen LogP contribution is -2.49. The first-order valence-corrected chi connectivity index (χ1v) is 5.80. The van der Waals surface area contributed by atoms with Crippen molar-refractivity contribution in [3.63, 3.8) is 0 Å². The van der Waals surface area contributed by atoms with Crippen LogP contribution in [-0.4, -0.2) is 55.1 Å². The fraction of sp³-hybridized carbons (Fsp3) is 0.818. The van der Waals surface area contributed by atoms with Crippen LogP contribution in [0.2, 0.25) is 0 Å². The van der Waals surface area contributed by atoms with Crippen LogP contribution in [0.5, 0.6) is 0 Å². The highest BCUT2D eigenvalue weighted by Crippen LogP contribution is 2.13. The molecule has 1 aliphatic rings. The van der Waals surface area contributed by atoms with Crippen LogP contribution in [0.15, 0.2) is 0 Å². The van der Waals surface area contributed by atoms with Crippen LogP contribution in [0.1, 0.15) is 20.3 Å².